The van der Waals surface area contributed by atoms with Crippen LogP contribution in [0.2, 0.25) is 5.15 Å². The van der Waals surface area contributed by atoms with Gasteiger partial charge in [0, 0.05) is 12.2 Å². The predicted octanol–water partition coefficient (Wildman–Crippen LogP) is 3.37. The Balaban J connectivity index is 2.10. The maximum absolute atomic E-state index is 12.4. The van der Waals surface area contributed by atoms with Gasteiger partial charge in [-0.3, -0.25) is 0 Å². The zero-order chi connectivity index (χ0) is 14.6. The van der Waals surface area contributed by atoms with Crippen LogP contribution in [0.25, 0.3) is 0 Å². The Morgan fingerprint density at radius 1 is 1.35 bits per heavy atom. The summed E-state index contributed by atoms with van der Waals surface area (Å²) in [6.07, 6.45) is 8.00. The first-order valence-corrected chi connectivity index (χ1v) is 9.03. The molecule has 112 valence electrons. The van der Waals surface area contributed by atoms with Gasteiger partial charge in [0.25, 0.3) is 0 Å². The van der Waals surface area contributed by atoms with E-state index in [2.05, 4.69) is 9.71 Å². The van der Waals surface area contributed by atoms with Gasteiger partial charge in [0.2, 0.25) is 10.0 Å². The zero-order valence-electron chi connectivity index (χ0n) is 11.7. The van der Waals surface area contributed by atoms with Crippen LogP contribution in [0.4, 0.5) is 0 Å². The minimum Gasteiger partial charge on any atom is -0.243 e. The van der Waals surface area contributed by atoms with E-state index in [0.29, 0.717) is 11.1 Å². The average molecular weight is 317 g/mol. The molecule has 0 aromatic carbocycles. The van der Waals surface area contributed by atoms with E-state index in [1.807, 2.05) is 6.92 Å². The molecule has 1 heterocycles. The summed E-state index contributed by atoms with van der Waals surface area (Å²) >= 11 is 5.69. The molecule has 20 heavy (non-hydrogen) atoms. The maximum atomic E-state index is 12.4. The highest BCUT2D eigenvalue weighted by molar-refractivity contribution is 7.89. The molecule has 0 amide bonds. The third-order valence-electron chi connectivity index (χ3n) is 3.98. The van der Waals surface area contributed by atoms with E-state index in [0.717, 1.165) is 19.3 Å². The van der Waals surface area contributed by atoms with Crippen molar-refractivity contribution in [3.63, 3.8) is 0 Å². The lowest BCUT2D eigenvalue weighted by Crippen LogP contribution is -2.40. The Morgan fingerprint density at radius 3 is 2.60 bits per heavy atom. The van der Waals surface area contributed by atoms with Crippen LogP contribution in [-0.4, -0.2) is 19.4 Å². The number of aromatic nitrogens is 1. The summed E-state index contributed by atoms with van der Waals surface area (Å²) in [7, 11) is -3.51. The summed E-state index contributed by atoms with van der Waals surface area (Å²) in [5.74, 6) is 0.448. The van der Waals surface area contributed by atoms with Crippen molar-refractivity contribution in [2.75, 3.05) is 0 Å². The van der Waals surface area contributed by atoms with E-state index >= 15 is 0 Å². The third kappa shape index (κ3) is 3.93. The normalized spacial score (nSPS) is 18.9. The summed E-state index contributed by atoms with van der Waals surface area (Å²) in [5.41, 5.74) is 0. The van der Waals surface area contributed by atoms with Crippen LogP contribution < -0.4 is 4.72 Å². The van der Waals surface area contributed by atoms with Gasteiger partial charge in [-0.2, -0.15) is 0 Å². The number of sulfonamides is 1. The van der Waals surface area contributed by atoms with Crippen LogP contribution in [0, 0.1) is 5.92 Å². The number of pyridine rings is 1. The second kappa shape index (κ2) is 6.87. The fraction of sp³-hybridized carbons (Fsp3) is 0.643. The van der Waals surface area contributed by atoms with E-state index in [4.69, 9.17) is 11.6 Å². The molecule has 6 heteroatoms. The third-order valence-corrected chi connectivity index (χ3v) is 5.67. The summed E-state index contributed by atoms with van der Waals surface area (Å²) in [6, 6.07) is 3.00. The average Bonchev–Trinajstić information content (AvgIpc) is 2.46. The van der Waals surface area contributed by atoms with E-state index in [9.17, 15) is 8.42 Å². The first-order valence-electron chi connectivity index (χ1n) is 7.17. The van der Waals surface area contributed by atoms with Crippen LogP contribution in [-0.2, 0) is 10.0 Å². The van der Waals surface area contributed by atoms with E-state index in [1.54, 1.807) is 0 Å². The molecule has 1 aromatic heterocycles. The monoisotopic (exact) mass is 316 g/mol. The Kier molecular flexibility index (Phi) is 5.41. The van der Waals surface area contributed by atoms with E-state index in [1.165, 1.54) is 37.6 Å². The van der Waals surface area contributed by atoms with Gasteiger partial charge >= 0.3 is 0 Å². The lowest BCUT2D eigenvalue weighted by atomic mass is 9.83. The number of nitrogens with zero attached hydrogens (tertiary/aromatic N) is 1. The van der Waals surface area contributed by atoms with Gasteiger partial charge in [0.05, 0.1) is 0 Å². The highest BCUT2D eigenvalue weighted by atomic mass is 35.5. The Hall–Kier alpha value is -0.650. The number of rotatable bonds is 5. The van der Waals surface area contributed by atoms with Crippen molar-refractivity contribution in [2.45, 2.75) is 56.4 Å². The Bertz CT molecular complexity index is 525. The van der Waals surface area contributed by atoms with Gasteiger partial charge in [-0.25, -0.2) is 18.1 Å². The van der Waals surface area contributed by atoms with Crippen LogP contribution in [0.1, 0.15) is 45.4 Å². The fourth-order valence-corrected chi connectivity index (χ4v) is 4.28. The summed E-state index contributed by atoms with van der Waals surface area (Å²) < 4.78 is 27.6. The van der Waals surface area contributed by atoms with Crippen molar-refractivity contribution in [1.29, 1.82) is 0 Å². The van der Waals surface area contributed by atoms with Gasteiger partial charge in [0.1, 0.15) is 10.0 Å². The minimum atomic E-state index is -3.51. The predicted molar refractivity (Wildman–Crippen MR) is 80.2 cm³/mol. The molecule has 0 radical (unpaired) electrons. The second-order valence-corrected chi connectivity index (χ2v) is 7.45. The molecule has 1 fully saturated rings. The molecule has 0 aliphatic heterocycles. The van der Waals surface area contributed by atoms with Gasteiger partial charge in [-0.15, -0.1) is 0 Å². The zero-order valence-corrected chi connectivity index (χ0v) is 13.3. The van der Waals surface area contributed by atoms with E-state index in [-0.39, 0.29) is 10.9 Å². The largest absolute Gasteiger partial charge is 0.243 e. The van der Waals surface area contributed by atoms with Crippen LogP contribution in [0.5, 0.6) is 0 Å². The standard InChI is InChI=1S/C14H21ClN2O2S/c1-2-13(11-6-4-3-5-7-11)17-20(18,19)12-8-9-14(15)16-10-12/h8-11,13,17H,2-7H2,1H3. The molecule has 1 atom stereocenters. The maximum Gasteiger partial charge on any atom is 0.242 e. The first-order chi connectivity index (χ1) is 9.53. The Morgan fingerprint density at radius 2 is 2.05 bits per heavy atom. The topological polar surface area (TPSA) is 59.1 Å². The van der Waals surface area contributed by atoms with Crippen molar-refractivity contribution in [3.8, 4) is 0 Å². The van der Waals surface area contributed by atoms with E-state index < -0.39 is 10.0 Å². The molecular formula is C14H21ClN2O2S. The first kappa shape index (κ1) is 15.7. The van der Waals surface area contributed by atoms with Crippen molar-refractivity contribution in [2.24, 2.45) is 5.92 Å². The summed E-state index contributed by atoms with van der Waals surface area (Å²) in [6.45, 7) is 2.03. The Labute approximate surface area is 126 Å². The molecule has 1 aliphatic rings. The van der Waals surface area contributed by atoms with Gasteiger partial charge < -0.3 is 0 Å². The van der Waals surface area contributed by atoms with Gasteiger partial charge in [0.15, 0.2) is 0 Å². The molecule has 1 aromatic rings. The van der Waals surface area contributed by atoms with Crippen LogP contribution >= 0.6 is 11.6 Å². The number of hydrogen-bond acceptors (Lipinski definition) is 3. The molecule has 2 rings (SSSR count). The SMILES string of the molecule is CCC(NS(=O)(=O)c1ccc(Cl)nc1)C1CCCCC1. The van der Waals surface area contributed by atoms with Crippen molar-refractivity contribution in [1.82, 2.24) is 9.71 Å². The highest BCUT2D eigenvalue weighted by Gasteiger charge is 2.27. The fourth-order valence-electron chi connectivity index (χ4n) is 2.84. The summed E-state index contributed by atoms with van der Waals surface area (Å²) in [4.78, 5) is 4.01. The molecule has 1 aliphatic carbocycles. The van der Waals surface area contributed by atoms with Crippen molar-refractivity contribution < 1.29 is 8.42 Å². The quantitative estimate of drug-likeness (QED) is 0.847. The van der Waals surface area contributed by atoms with Gasteiger partial charge in [-0.05, 0) is 37.3 Å². The van der Waals surface area contributed by atoms with Gasteiger partial charge in [-0.1, -0.05) is 37.8 Å². The second-order valence-electron chi connectivity index (χ2n) is 5.35. The highest BCUT2D eigenvalue weighted by Crippen LogP contribution is 2.28. The molecule has 1 N–H and O–H groups in total. The number of nitrogens with one attached hydrogen (secondary N) is 1. The van der Waals surface area contributed by atoms with Crippen LogP contribution in [0.3, 0.4) is 0 Å². The summed E-state index contributed by atoms with van der Waals surface area (Å²) in [5, 5.41) is 0.295. The molecule has 0 bridgehead atoms. The molecule has 1 saturated carbocycles. The molecular weight excluding hydrogens is 296 g/mol. The van der Waals surface area contributed by atoms with Crippen molar-refractivity contribution in [3.05, 3.63) is 23.5 Å². The van der Waals surface area contributed by atoms with Crippen LogP contribution in [0.15, 0.2) is 23.2 Å². The number of halogens is 1. The molecule has 0 saturated heterocycles. The number of hydrogen-bond donors (Lipinski definition) is 1. The molecule has 1 unspecified atom stereocenters. The van der Waals surface area contributed by atoms with Crippen molar-refractivity contribution >= 4 is 21.6 Å². The minimum absolute atomic E-state index is 0.0102. The smallest absolute Gasteiger partial charge is 0.242 e. The lowest BCUT2D eigenvalue weighted by molar-refractivity contribution is 0.285. The lowest BCUT2D eigenvalue weighted by Gasteiger charge is -2.30. The molecule has 4 nitrogen and oxygen atoms in total. The molecule has 0 spiro atoms.